The lowest BCUT2D eigenvalue weighted by Crippen LogP contribution is -2.34. The van der Waals surface area contributed by atoms with Crippen molar-refractivity contribution >= 4 is 48.8 Å². The van der Waals surface area contributed by atoms with Gasteiger partial charge in [0.25, 0.3) is 0 Å². The van der Waals surface area contributed by atoms with Gasteiger partial charge < -0.3 is 13.8 Å². The lowest BCUT2D eigenvalue weighted by molar-refractivity contribution is -0.126. The van der Waals surface area contributed by atoms with Gasteiger partial charge >= 0.3 is 15.6 Å². The third kappa shape index (κ3) is 5.47. The predicted molar refractivity (Wildman–Crippen MR) is 149 cm³/mol. The van der Waals surface area contributed by atoms with Crippen LogP contribution in [0.5, 0.6) is 11.5 Å². The van der Waals surface area contributed by atoms with E-state index in [1.54, 1.807) is 18.7 Å². The zero-order valence-electron chi connectivity index (χ0n) is 21.9. The Morgan fingerprint density at radius 3 is 2.57 bits per heavy atom. The third-order valence-electron chi connectivity index (χ3n) is 6.26. The van der Waals surface area contributed by atoms with Crippen molar-refractivity contribution in [3.63, 3.8) is 0 Å². The van der Waals surface area contributed by atoms with E-state index in [1.807, 2.05) is 0 Å². The Balaban J connectivity index is 1.81. The number of aromatic nitrogens is 1. The highest BCUT2D eigenvalue weighted by Crippen LogP contribution is 2.50. The maximum absolute atomic E-state index is 15.6. The van der Waals surface area contributed by atoms with E-state index < -0.39 is 39.1 Å². The number of carbonyl (C=O) groups is 1. The van der Waals surface area contributed by atoms with Crippen LogP contribution in [0.1, 0.15) is 24.4 Å². The quantitative estimate of drug-likeness (QED) is 0.0928. The van der Waals surface area contributed by atoms with Crippen LogP contribution in [-0.2, 0) is 27.9 Å². The van der Waals surface area contributed by atoms with E-state index in [2.05, 4.69) is 15.7 Å². The maximum Gasteiger partial charge on any atom is 0.534 e. The van der Waals surface area contributed by atoms with Crippen molar-refractivity contribution in [2.24, 2.45) is 0 Å². The smallest absolute Gasteiger partial charge is 0.490 e. The minimum atomic E-state index is -6.07. The van der Waals surface area contributed by atoms with Crippen molar-refractivity contribution in [3.05, 3.63) is 64.5 Å². The Bertz CT molecular complexity index is 1830. The summed E-state index contributed by atoms with van der Waals surface area (Å²) in [5.41, 5.74) is -5.14. The molecule has 3 heterocycles. The molecule has 222 valence electrons. The van der Waals surface area contributed by atoms with Gasteiger partial charge in [0.05, 0.1) is 23.9 Å². The summed E-state index contributed by atoms with van der Waals surface area (Å²) in [5, 5.41) is 1.63. The molecule has 0 fully saturated rings. The summed E-state index contributed by atoms with van der Waals surface area (Å²) in [4.78, 5) is 19.1. The molecule has 0 saturated heterocycles. The number of fused-ring (bicyclic) bond motifs is 2. The highest BCUT2D eigenvalue weighted by molar-refractivity contribution is 7.88. The summed E-state index contributed by atoms with van der Waals surface area (Å²) >= 11 is 2.09. The third-order valence-corrected chi connectivity index (χ3v) is 9.28. The number of ether oxygens (including phenoxy) is 1. The van der Waals surface area contributed by atoms with Crippen LogP contribution in [0.15, 0.2) is 42.3 Å². The van der Waals surface area contributed by atoms with Crippen LogP contribution < -0.4 is 8.92 Å². The van der Waals surface area contributed by atoms with Gasteiger partial charge in [0.15, 0.2) is 5.75 Å². The molecular weight excluding hydrogens is 623 g/mol. The molecule has 7 nitrogen and oxygen atoms in total. The van der Waals surface area contributed by atoms with Crippen molar-refractivity contribution in [1.82, 2.24) is 9.88 Å². The van der Waals surface area contributed by atoms with E-state index in [-0.39, 0.29) is 50.0 Å². The molecule has 5 rings (SSSR count). The summed E-state index contributed by atoms with van der Waals surface area (Å²) < 4.78 is 104. The predicted octanol–water partition coefficient (Wildman–Crippen LogP) is 7.06. The molecule has 0 N–H and O–H groups in total. The van der Waals surface area contributed by atoms with E-state index >= 15 is 4.39 Å². The van der Waals surface area contributed by atoms with E-state index in [9.17, 15) is 30.8 Å². The van der Waals surface area contributed by atoms with Crippen LogP contribution in [0.4, 0.5) is 22.0 Å². The van der Waals surface area contributed by atoms with Crippen LogP contribution in [0.25, 0.3) is 31.8 Å². The number of carbonyl (C=O) groups excluding carboxylic acids is 1. The van der Waals surface area contributed by atoms with Gasteiger partial charge in [-0.3, -0.25) is 4.79 Å². The lowest BCUT2D eigenvalue weighted by Gasteiger charge is -2.24. The van der Waals surface area contributed by atoms with Gasteiger partial charge in [0.2, 0.25) is 5.91 Å². The first-order chi connectivity index (χ1) is 19.7. The minimum Gasteiger partial charge on any atom is -0.490 e. The lowest BCUT2D eigenvalue weighted by atomic mass is 9.96. The molecule has 0 atom stereocenters. The summed E-state index contributed by atoms with van der Waals surface area (Å²) in [7, 11) is -6.07. The average Bonchev–Trinajstić information content (AvgIpc) is 3.54. The Kier molecular flexibility index (Phi) is 7.79. The number of thiophene rings is 1. The monoisotopic (exact) mass is 644 g/mol. The first-order valence-electron chi connectivity index (χ1n) is 12.3. The highest BCUT2D eigenvalue weighted by atomic mass is 32.2. The second-order valence-corrected chi connectivity index (χ2v) is 13.0. The molecule has 2 aromatic carbocycles. The second-order valence-electron chi connectivity index (χ2n) is 9.47. The molecule has 0 aliphatic carbocycles. The van der Waals surface area contributed by atoms with E-state index in [0.29, 0.717) is 29.6 Å². The van der Waals surface area contributed by atoms with Crippen LogP contribution in [0.2, 0.25) is 0 Å². The van der Waals surface area contributed by atoms with Gasteiger partial charge in [0, 0.05) is 51.2 Å². The van der Waals surface area contributed by atoms with Crippen LogP contribution in [-0.4, -0.2) is 42.4 Å². The average molecular weight is 645 g/mol. The number of thiazole rings is 1. The molecule has 4 aromatic rings. The Labute approximate surface area is 244 Å². The molecule has 15 heteroatoms. The molecule has 2 aromatic heterocycles. The topological polar surface area (TPSA) is 85.8 Å². The molecule has 1 aliphatic heterocycles. The number of benzene rings is 2. The van der Waals surface area contributed by atoms with Gasteiger partial charge in [-0.1, -0.05) is 6.58 Å². The molecule has 1 amide bonds. The number of nitrogens with zero attached hydrogens (tertiary/aromatic N) is 2. The Morgan fingerprint density at radius 1 is 1.17 bits per heavy atom. The zero-order chi connectivity index (χ0) is 30.6. The molecule has 0 saturated carbocycles. The molecule has 0 radical (unpaired) electrons. The van der Waals surface area contributed by atoms with Crippen LogP contribution >= 0.6 is 22.7 Å². The SMILES string of the molecule is C=CC(=O)N1CCc2nc(-c3cc(OS(=O)(=O)C(F)(F)F)c4ccsc4c3-c3c(F)cc(F)cc3OC(C)C)sc2C1. The van der Waals surface area contributed by atoms with E-state index in [1.165, 1.54) is 17.5 Å². The largest absolute Gasteiger partial charge is 0.534 e. The maximum atomic E-state index is 15.6. The Hall–Kier alpha value is -3.56. The minimum absolute atomic E-state index is 0.0393. The molecular formula is C27H21F5N2O5S3. The number of hydrogen-bond acceptors (Lipinski definition) is 8. The van der Waals surface area contributed by atoms with Crippen LogP contribution in [0.3, 0.4) is 0 Å². The standard InChI is InChI=1S/C27H21F5N2O5S3/c1-4-22(35)34-7-5-18-21(12-34)41-26(33-18)16-11-19(39-42(36,37)27(30,31)32)15-6-8-40-25(15)23(16)24-17(29)9-14(28)10-20(24)38-13(2)3/h4,6,8-11,13H,1,5,7,12H2,2-3H3. The number of alkyl halides is 3. The molecule has 42 heavy (non-hydrogen) atoms. The van der Waals surface area contributed by atoms with Crippen molar-refractivity contribution in [3.8, 4) is 33.2 Å². The van der Waals surface area contributed by atoms with Gasteiger partial charge in [0.1, 0.15) is 22.4 Å². The van der Waals surface area contributed by atoms with E-state index in [4.69, 9.17) is 4.74 Å². The summed E-state index contributed by atoms with van der Waals surface area (Å²) in [5.74, 6) is -3.04. The van der Waals surface area contributed by atoms with Gasteiger partial charge in [-0.25, -0.2) is 13.8 Å². The van der Waals surface area contributed by atoms with Gasteiger partial charge in [-0.05, 0) is 37.4 Å². The fourth-order valence-corrected chi connectivity index (χ4v) is 7.10. The first kappa shape index (κ1) is 29.9. The number of halogens is 5. The number of rotatable bonds is 7. The summed E-state index contributed by atoms with van der Waals surface area (Å²) in [6.45, 7) is 7.33. The second kappa shape index (κ2) is 10.9. The number of hydrogen-bond donors (Lipinski definition) is 0. The van der Waals surface area contributed by atoms with Gasteiger partial charge in [-0.2, -0.15) is 21.6 Å². The Morgan fingerprint density at radius 2 is 1.90 bits per heavy atom. The fraction of sp³-hybridized carbons (Fsp3) is 0.259. The van der Waals surface area contributed by atoms with Crippen molar-refractivity contribution in [2.75, 3.05) is 6.54 Å². The first-order valence-corrected chi connectivity index (χ1v) is 15.4. The van der Waals surface area contributed by atoms with Gasteiger partial charge in [-0.15, -0.1) is 22.7 Å². The molecule has 1 aliphatic rings. The normalized spacial score (nSPS) is 13.9. The molecule has 0 unspecified atom stereocenters. The van der Waals surface area contributed by atoms with Crippen molar-refractivity contribution in [1.29, 1.82) is 0 Å². The summed E-state index contributed by atoms with van der Waals surface area (Å²) in [6.07, 6.45) is 1.03. The van der Waals surface area contributed by atoms with E-state index in [0.717, 1.165) is 34.8 Å². The zero-order valence-corrected chi connectivity index (χ0v) is 24.4. The summed E-state index contributed by atoms with van der Waals surface area (Å²) in [6, 6.07) is 4.03. The fourth-order valence-electron chi connectivity index (χ4n) is 4.52. The van der Waals surface area contributed by atoms with Crippen LogP contribution in [0, 0.1) is 11.6 Å². The van der Waals surface area contributed by atoms with Crippen molar-refractivity contribution in [2.45, 2.75) is 38.4 Å². The molecule has 0 bridgehead atoms. The van der Waals surface area contributed by atoms with Crippen molar-refractivity contribution < 1.29 is 44.1 Å². The molecule has 0 spiro atoms. The highest BCUT2D eigenvalue weighted by Gasteiger charge is 2.49. The number of amides is 1.